The first-order chi connectivity index (χ1) is 15.7. The van der Waals surface area contributed by atoms with Gasteiger partial charge in [-0.1, -0.05) is 88.1 Å². The van der Waals surface area contributed by atoms with Gasteiger partial charge in [-0.15, -0.1) is 0 Å². The summed E-state index contributed by atoms with van der Waals surface area (Å²) in [6.07, 6.45) is 15.4. The van der Waals surface area contributed by atoms with Crippen molar-refractivity contribution in [2.24, 2.45) is 5.92 Å². The van der Waals surface area contributed by atoms with Crippen molar-refractivity contribution in [3.63, 3.8) is 0 Å². The number of benzene rings is 2. The van der Waals surface area contributed by atoms with Crippen LogP contribution in [0.15, 0.2) is 42.5 Å². The summed E-state index contributed by atoms with van der Waals surface area (Å²) in [6.45, 7) is 4.46. The molecule has 1 heteroatoms. The first-order valence-electron chi connectivity index (χ1n) is 13.1. The molecule has 1 saturated carbocycles. The van der Waals surface area contributed by atoms with Crippen LogP contribution < -0.4 is 0 Å². The van der Waals surface area contributed by atoms with Crippen molar-refractivity contribution in [1.29, 1.82) is 0 Å². The van der Waals surface area contributed by atoms with Gasteiger partial charge in [-0.3, -0.25) is 0 Å². The van der Waals surface area contributed by atoms with Crippen molar-refractivity contribution in [3.05, 3.63) is 70.5 Å². The molecule has 0 unspecified atom stereocenters. The fraction of sp³-hybridized carbons (Fsp3) is 0.548. The zero-order valence-electron chi connectivity index (χ0n) is 20.3. The second-order valence-electron chi connectivity index (χ2n) is 9.63. The van der Waals surface area contributed by atoms with E-state index in [1.54, 1.807) is 6.07 Å². The van der Waals surface area contributed by atoms with Crippen LogP contribution in [0.4, 0.5) is 4.39 Å². The Morgan fingerprint density at radius 2 is 1.47 bits per heavy atom. The summed E-state index contributed by atoms with van der Waals surface area (Å²) in [7, 11) is 0. The van der Waals surface area contributed by atoms with Crippen molar-refractivity contribution < 1.29 is 4.39 Å². The molecule has 0 atom stereocenters. The van der Waals surface area contributed by atoms with E-state index in [1.165, 1.54) is 68.9 Å². The molecule has 1 aliphatic carbocycles. The highest BCUT2D eigenvalue weighted by atomic mass is 19.1. The van der Waals surface area contributed by atoms with Crippen molar-refractivity contribution >= 4 is 0 Å². The maximum absolute atomic E-state index is 14.4. The van der Waals surface area contributed by atoms with E-state index in [9.17, 15) is 4.39 Å². The van der Waals surface area contributed by atoms with Crippen LogP contribution in [-0.4, -0.2) is 0 Å². The number of aryl methyl sites for hydroxylation is 2. The van der Waals surface area contributed by atoms with E-state index in [4.69, 9.17) is 0 Å². The summed E-state index contributed by atoms with van der Waals surface area (Å²) in [4.78, 5) is 0. The highest BCUT2D eigenvalue weighted by Crippen LogP contribution is 2.35. The Kier molecular flexibility index (Phi) is 10.3. The maximum Gasteiger partial charge on any atom is 0.127 e. The number of halogens is 1. The molecule has 0 N–H and O–H groups in total. The van der Waals surface area contributed by atoms with Gasteiger partial charge in [0.05, 0.1) is 0 Å². The van der Waals surface area contributed by atoms with Gasteiger partial charge in [0.1, 0.15) is 5.82 Å². The third-order valence-electron chi connectivity index (χ3n) is 7.02. The zero-order valence-corrected chi connectivity index (χ0v) is 20.3. The summed E-state index contributed by atoms with van der Waals surface area (Å²) in [6, 6.07) is 14.9. The van der Waals surface area contributed by atoms with Crippen LogP contribution in [0.5, 0.6) is 0 Å². The molecular formula is C31H41F. The molecule has 32 heavy (non-hydrogen) atoms. The van der Waals surface area contributed by atoms with Crippen LogP contribution in [-0.2, 0) is 12.8 Å². The van der Waals surface area contributed by atoms with Crippen LogP contribution in [0.1, 0.15) is 113 Å². The lowest BCUT2D eigenvalue weighted by atomic mass is 9.78. The summed E-state index contributed by atoms with van der Waals surface area (Å²) < 4.78 is 14.4. The standard InChI is InChI=1S/C31H41F/c1-3-5-7-9-11-30-23-18-27(24-31(30)32)13-12-26-16-21-29(22-17-26)28-19-14-25(15-20-28)10-8-6-4-2/h14-15,18-20,23-24,26,29H,3-11,16-17,21-22H2,1-2H3/t26-,29-. The van der Waals surface area contributed by atoms with E-state index >= 15 is 0 Å². The molecule has 172 valence electrons. The number of unbranched alkanes of at least 4 members (excludes halogenated alkanes) is 5. The fourth-order valence-corrected chi connectivity index (χ4v) is 4.86. The molecule has 0 bridgehead atoms. The summed E-state index contributed by atoms with van der Waals surface area (Å²) in [5.74, 6) is 7.71. The lowest BCUT2D eigenvalue weighted by Gasteiger charge is -2.26. The van der Waals surface area contributed by atoms with E-state index in [2.05, 4.69) is 50.0 Å². The van der Waals surface area contributed by atoms with E-state index in [-0.39, 0.29) is 5.82 Å². The Hall–Kier alpha value is -2.07. The minimum absolute atomic E-state index is 0.0878. The van der Waals surface area contributed by atoms with Crippen LogP contribution in [0.3, 0.4) is 0 Å². The minimum Gasteiger partial charge on any atom is -0.207 e. The lowest BCUT2D eigenvalue weighted by molar-refractivity contribution is 0.384. The molecule has 0 aromatic heterocycles. The Bertz CT molecular complexity index is 860. The zero-order chi connectivity index (χ0) is 22.6. The van der Waals surface area contributed by atoms with Gasteiger partial charge in [0.25, 0.3) is 0 Å². The van der Waals surface area contributed by atoms with Gasteiger partial charge < -0.3 is 0 Å². The first-order valence-corrected chi connectivity index (χ1v) is 13.1. The van der Waals surface area contributed by atoms with Crippen molar-refractivity contribution in [1.82, 2.24) is 0 Å². The highest BCUT2D eigenvalue weighted by molar-refractivity contribution is 5.37. The molecular weight excluding hydrogens is 391 g/mol. The number of hydrogen-bond acceptors (Lipinski definition) is 0. The molecule has 0 amide bonds. The fourth-order valence-electron chi connectivity index (χ4n) is 4.86. The average molecular weight is 433 g/mol. The Morgan fingerprint density at radius 3 is 2.16 bits per heavy atom. The Labute approximate surface area is 196 Å². The van der Waals surface area contributed by atoms with Gasteiger partial charge in [-0.25, -0.2) is 4.39 Å². The van der Waals surface area contributed by atoms with Crippen molar-refractivity contribution in [2.45, 2.75) is 103 Å². The molecule has 0 nitrogen and oxygen atoms in total. The van der Waals surface area contributed by atoms with Gasteiger partial charge in [-0.05, 0) is 86.1 Å². The summed E-state index contributed by atoms with van der Waals surface area (Å²) in [5.41, 5.74) is 4.62. The topological polar surface area (TPSA) is 0 Å². The monoisotopic (exact) mass is 432 g/mol. The van der Waals surface area contributed by atoms with E-state index in [1.807, 2.05) is 12.1 Å². The van der Waals surface area contributed by atoms with Crippen LogP contribution in [0, 0.1) is 23.6 Å². The molecule has 0 aliphatic heterocycles. The van der Waals surface area contributed by atoms with E-state index in [0.717, 1.165) is 36.8 Å². The Balaban J connectivity index is 1.46. The molecule has 0 spiro atoms. The Morgan fingerprint density at radius 1 is 0.781 bits per heavy atom. The number of hydrogen-bond donors (Lipinski definition) is 0. The van der Waals surface area contributed by atoms with Crippen LogP contribution >= 0.6 is 0 Å². The summed E-state index contributed by atoms with van der Waals surface area (Å²) in [5, 5.41) is 0. The second-order valence-corrected chi connectivity index (χ2v) is 9.63. The van der Waals surface area contributed by atoms with Gasteiger partial charge in [-0.2, -0.15) is 0 Å². The molecule has 0 heterocycles. The molecule has 2 aromatic carbocycles. The largest absolute Gasteiger partial charge is 0.207 e. The molecule has 3 rings (SSSR count). The van der Waals surface area contributed by atoms with Gasteiger partial charge in [0.15, 0.2) is 0 Å². The van der Waals surface area contributed by atoms with Crippen molar-refractivity contribution in [3.8, 4) is 11.8 Å². The molecule has 0 radical (unpaired) electrons. The van der Waals surface area contributed by atoms with Crippen LogP contribution in [0.2, 0.25) is 0 Å². The third-order valence-corrected chi connectivity index (χ3v) is 7.02. The van der Waals surface area contributed by atoms with Crippen molar-refractivity contribution in [2.75, 3.05) is 0 Å². The molecule has 2 aromatic rings. The summed E-state index contributed by atoms with van der Waals surface area (Å²) >= 11 is 0. The normalized spacial score (nSPS) is 18.2. The average Bonchev–Trinajstić information content (AvgIpc) is 2.82. The predicted octanol–water partition coefficient (Wildman–Crippen LogP) is 9.01. The van der Waals surface area contributed by atoms with Gasteiger partial charge in [0, 0.05) is 11.5 Å². The smallest absolute Gasteiger partial charge is 0.127 e. The van der Waals surface area contributed by atoms with E-state index < -0.39 is 0 Å². The SMILES string of the molecule is CCCCCCc1ccc(C#C[C@H]2CC[C@H](c3ccc(CCCCC)cc3)CC2)cc1F. The maximum atomic E-state index is 14.4. The quantitative estimate of drug-likeness (QED) is 0.259. The molecule has 1 fully saturated rings. The molecule has 1 aliphatic rings. The second kappa shape index (κ2) is 13.5. The molecule has 0 saturated heterocycles. The van der Waals surface area contributed by atoms with Gasteiger partial charge in [0.2, 0.25) is 0 Å². The first kappa shape index (κ1) is 24.6. The minimum atomic E-state index is -0.0878. The number of rotatable bonds is 10. The van der Waals surface area contributed by atoms with Gasteiger partial charge >= 0.3 is 0 Å². The van der Waals surface area contributed by atoms with Crippen LogP contribution in [0.25, 0.3) is 0 Å². The highest BCUT2D eigenvalue weighted by Gasteiger charge is 2.21. The third kappa shape index (κ3) is 7.81. The lowest BCUT2D eigenvalue weighted by Crippen LogP contribution is -2.12. The predicted molar refractivity (Wildman–Crippen MR) is 135 cm³/mol. The van der Waals surface area contributed by atoms with E-state index in [0.29, 0.717) is 11.8 Å².